The van der Waals surface area contributed by atoms with Crippen LogP contribution in [-0.2, 0) is 6.42 Å². The van der Waals surface area contributed by atoms with Crippen molar-refractivity contribution >= 4 is 29.0 Å². The first-order valence-corrected chi connectivity index (χ1v) is 7.35. The van der Waals surface area contributed by atoms with Crippen LogP contribution in [0.4, 0.5) is 14.5 Å². The number of fused-ring (bicyclic) bond motifs is 2. The fourth-order valence-corrected chi connectivity index (χ4v) is 2.64. The van der Waals surface area contributed by atoms with Crippen molar-refractivity contribution in [2.24, 2.45) is 4.99 Å². The van der Waals surface area contributed by atoms with Gasteiger partial charge < -0.3 is 14.8 Å². The van der Waals surface area contributed by atoms with Crippen LogP contribution in [0.3, 0.4) is 0 Å². The van der Waals surface area contributed by atoms with Crippen molar-refractivity contribution in [3.8, 4) is 11.5 Å². The summed E-state index contributed by atoms with van der Waals surface area (Å²) < 4.78 is 34.9. The maximum Gasteiger partial charge on any atom is 0.586 e. The van der Waals surface area contributed by atoms with Crippen LogP contribution in [0.15, 0.2) is 41.4 Å². The number of nitrogens with one attached hydrogen (secondary N) is 1. The van der Waals surface area contributed by atoms with E-state index in [0.29, 0.717) is 34.1 Å². The molecule has 0 atom stereocenters. The quantitative estimate of drug-likeness (QED) is 0.853. The molecular formula is C16H9ClF2N2O3. The highest BCUT2D eigenvalue weighted by atomic mass is 35.5. The Morgan fingerprint density at radius 3 is 2.54 bits per heavy atom. The number of carbonyl (C=O) groups is 1. The summed E-state index contributed by atoms with van der Waals surface area (Å²) in [4.78, 5) is 16.4. The lowest BCUT2D eigenvalue weighted by Gasteiger charge is -2.05. The summed E-state index contributed by atoms with van der Waals surface area (Å²) in [5.41, 5.74) is 1.56. The van der Waals surface area contributed by atoms with Crippen molar-refractivity contribution in [3.05, 3.63) is 52.5 Å². The number of nitrogens with zero attached hydrogens (tertiary/aromatic N) is 1. The van der Waals surface area contributed by atoms with Crippen LogP contribution in [-0.4, -0.2) is 18.0 Å². The predicted molar refractivity (Wildman–Crippen MR) is 82.4 cm³/mol. The second kappa shape index (κ2) is 5.17. The van der Waals surface area contributed by atoms with E-state index in [2.05, 4.69) is 19.8 Å². The lowest BCUT2D eigenvalue weighted by atomic mass is 10.1. The molecule has 24 heavy (non-hydrogen) atoms. The Labute approximate surface area is 139 Å². The lowest BCUT2D eigenvalue weighted by molar-refractivity contribution is -0.286. The fourth-order valence-electron chi connectivity index (χ4n) is 2.52. The van der Waals surface area contributed by atoms with Gasteiger partial charge >= 0.3 is 6.29 Å². The van der Waals surface area contributed by atoms with Gasteiger partial charge in [-0.25, -0.2) is 4.99 Å². The van der Waals surface area contributed by atoms with Crippen LogP contribution < -0.4 is 14.8 Å². The van der Waals surface area contributed by atoms with E-state index in [-0.39, 0.29) is 17.4 Å². The van der Waals surface area contributed by atoms with Gasteiger partial charge in [-0.2, -0.15) is 0 Å². The zero-order valence-electron chi connectivity index (χ0n) is 12.0. The zero-order valence-corrected chi connectivity index (χ0v) is 12.7. The summed E-state index contributed by atoms with van der Waals surface area (Å²) in [7, 11) is 0. The molecule has 1 N–H and O–H groups in total. The third kappa shape index (κ3) is 2.67. The number of halogens is 3. The molecular weight excluding hydrogens is 342 g/mol. The maximum absolute atomic E-state index is 13.0. The van der Waals surface area contributed by atoms with E-state index >= 15 is 0 Å². The lowest BCUT2D eigenvalue weighted by Crippen LogP contribution is -2.30. The number of carbonyl (C=O) groups excluding carboxylic acids is 1. The number of hydrogen-bond donors (Lipinski definition) is 1. The summed E-state index contributed by atoms with van der Waals surface area (Å²) in [6.07, 6.45) is -3.36. The summed E-state index contributed by atoms with van der Waals surface area (Å²) >= 11 is 5.78. The SMILES string of the molecule is O=C(NC1=Nc2cc3c(cc2C1)OC(F)(F)O3)c1ccc(Cl)cc1. The molecule has 4 rings (SSSR count). The van der Waals surface area contributed by atoms with E-state index in [1.165, 1.54) is 12.1 Å². The topological polar surface area (TPSA) is 59.9 Å². The molecule has 0 fully saturated rings. The molecule has 2 aromatic carbocycles. The minimum absolute atomic E-state index is 0.0424. The van der Waals surface area contributed by atoms with Gasteiger partial charge in [-0.15, -0.1) is 8.78 Å². The van der Waals surface area contributed by atoms with Gasteiger partial charge in [0.25, 0.3) is 5.91 Å². The number of amidine groups is 1. The Morgan fingerprint density at radius 1 is 1.17 bits per heavy atom. The monoisotopic (exact) mass is 350 g/mol. The molecule has 0 saturated carbocycles. The van der Waals surface area contributed by atoms with Gasteiger partial charge in [0.15, 0.2) is 11.5 Å². The molecule has 0 unspecified atom stereocenters. The van der Waals surface area contributed by atoms with E-state index in [9.17, 15) is 13.6 Å². The van der Waals surface area contributed by atoms with Crippen LogP contribution in [0, 0.1) is 0 Å². The zero-order chi connectivity index (χ0) is 16.9. The number of alkyl halides is 2. The largest absolute Gasteiger partial charge is 0.586 e. The maximum atomic E-state index is 13.0. The molecule has 2 heterocycles. The van der Waals surface area contributed by atoms with E-state index in [0.717, 1.165) is 0 Å². The smallest absolute Gasteiger partial charge is 0.395 e. The third-order valence-electron chi connectivity index (χ3n) is 3.58. The molecule has 0 radical (unpaired) electrons. The molecule has 2 aliphatic heterocycles. The van der Waals surface area contributed by atoms with Crippen LogP contribution in [0.5, 0.6) is 11.5 Å². The van der Waals surface area contributed by atoms with Crippen LogP contribution >= 0.6 is 11.6 Å². The Morgan fingerprint density at radius 2 is 1.83 bits per heavy atom. The summed E-state index contributed by atoms with van der Waals surface area (Å²) in [6, 6.07) is 9.23. The minimum atomic E-state index is -3.66. The highest BCUT2D eigenvalue weighted by Gasteiger charge is 2.44. The molecule has 0 aromatic heterocycles. The van der Waals surface area contributed by atoms with E-state index in [1.807, 2.05) is 0 Å². The minimum Gasteiger partial charge on any atom is -0.395 e. The number of benzene rings is 2. The number of hydrogen-bond acceptors (Lipinski definition) is 4. The van der Waals surface area contributed by atoms with Gasteiger partial charge in [0.05, 0.1) is 5.69 Å². The second-order valence-electron chi connectivity index (χ2n) is 5.29. The highest BCUT2D eigenvalue weighted by molar-refractivity contribution is 6.30. The van der Waals surface area contributed by atoms with Gasteiger partial charge in [-0.3, -0.25) is 4.79 Å². The molecule has 0 saturated heterocycles. The van der Waals surface area contributed by atoms with Gasteiger partial charge in [0.2, 0.25) is 0 Å². The number of amides is 1. The number of aliphatic imine (C=N–C) groups is 1. The molecule has 122 valence electrons. The van der Waals surface area contributed by atoms with Crippen molar-refractivity contribution < 1.29 is 23.0 Å². The standard InChI is InChI=1S/C16H9ClF2N2O3/c17-10-3-1-8(2-4-10)15(22)21-14-6-9-5-12-13(7-11(9)20-14)24-16(18,19)23-12/h1-5,7H,6H2,(H,20,21,22). The van der Waals surface area contributed by atoms with Crippen LogP contribution in [0.2, 0.25) is 5.02 Å². The summed E-state index contributed by atoms with van der Waals surface area (Å²) in [6.45, 7) is 0. The first kappa shape index (κ1) is 14.9. The van der Waals surface area contributed by atoms with E-state index in [4.69, 9.17) is 11.6 Å². The van der Waals surface area contributed by atoms with E-state index in [1.54, 1.807) is 24.3 Å². The van der Waals surface area contributed by atoms with E-state index < -0.39 is 6.29 Å². The van der Waals surface area contributed by atoms with Gasteiger partial charge in [0.1, 0.15) is 5.84 Å². The first-order chi connectivity index (χ1) is 11.4. The van der Waals surface area contributed by atoms with Crippen molar-refractivity contribution in [2.45, 2.75) is 12.7 Å². The average molecular weight is 351 g/mol. The normalized spacial score (nSPS) is 16.5. The van der Waals surface area contributed by atoms with Gasteiger partial charge in [-0.05, 0) is 35.9 Å². The Kier molecular flexibility index (Phi) is 3.21. The molecule has 0 bridgehead atoms. The third-order valence-corrected chi connectivity index (χ3v) is 3.83. The second-order valence-corrected chi connectivity index (χ2v) is 5.73. The van der Waals surface area contributed by atoms with Crippen LogP contribution in [0.25, 0.3) is 0 Å². The van der Waals surface area contributed by atoms with Crippen molar-refractivity contribution in [1.29, 1.82) is 0 Å². The molecule has 0 spiro atoms. The first-order valence-electron chi connectivity index (χ1n) is 6.97. The predicted octanol–water partition coefficient (Wildman–Crippen LogP) is 3.68. The molecule has 5 nitrogen and oxygen atoms in total. The fraction of sp³-hybridized carbons (Fsp3) is 0.125. The summed E-state index contributed by atoms with van der Waals surface area (Å²) in [5, 5.41) is 3.22. The Bertz CT molecular complexity index is 882. The Hall–Kier alpha value is -2.67. The summed E-state index contributed by atoms with van der Waals surface area (Å²) in [5.74, 6) is -0.0304. The van der Waals surface area contributed by atoms with Crippen molar-refractivity contribution in [1.82, 2.24) is 5.32 Å². The number of ether oxygens (including phenoxy) is 2. The molecule has 1 amide bonds. The van der Waals surface area contributed by atoms with Gasteiger partial charge in [0, 0.05) is 23.1 Å². The van der Waals surface area contributed by atoms with Crippen molar-refractivity contribution in [3.63, 3.8) is 0 Å². The van der Waals surface area contributed by atoms with Gasteiger partial charge in [-0.1, -0.05) is 11.6 Å². The highest BCUT2D eigenvalue weighted by Crippen LogP contribution is 2.45. The number of rotatable bonds is 1. The Balaban J connectivity index is 1.52. The molecule has 2 aromatic rings. The average Bonchev–Trinajstić information content (AvgIpc) is 3.01. The molecule has 2 aliphatic rings. The molecule has 0 aliphatic carbocycles. The van der Waals surface area contributed by atoms with Crippen LogP contribution in [0.1, 0.15) is 15.9 Å². The molecule has 8 heteroatoms. The van der Waals surface area contributed by atoms with Crippen molar-refractivity contribution in [2.75, 3.05) is 0 Å².